The molecular formula is C17H13FOS. The van der Waals surface area contributed by atoms with Crippen molar-refractivity contribution >= 4 is 27.2 Å². The molecule has 0 fully saturated rings. The number of benzene rings is 2. The van der Waals surface area contributed by atoms with E-state index in [0.717, 1.165) is 10.1 Å². The lowest BCUT2D eigenvalue weighted by atomic mass is 10.0. The number of halogens is 1. The van der Waals surface area contributed by atoms with Crippen LogP contribution in [0.2, 0.25) is 0 Å². The summed E-state index contributed by atoms with van der Waals surface area (Å²) in [5.41, 5.74) is 1.57. The van der Waals surface area contributed by atoms with Gasteiger partial charge in [-0.2, -0.15) is 0 Å². The van der Waals surface area contributed by atoms with Crippen molar-refractivity contribution in [2.24, 2.45) is 0 Å². The Hall–Kier alpha value is -2.00. The zero-order chi connectivity index (χ0) is 14.3. The van der Waals surface area contributed by atoms with Gasteiger partial charge in [-0.25, -0.2) is 4.39 Å². The van der Waals surface area contributed by atoms with Gasteiger partial charge < -0.3 is 0 Å². The molecule has 3 rings (SSSR count). The Kier molecular flexibility index (Phi) is 3.14. The lowest BCUT2D eigenvalue weighted by molar-refractivity contribution is 0.104. The highest BCUT2D eigenvalue weighted by molar-refractivity contribution is 7.21. The van der Waals surface area contributed by atoms with E-state index < -0.39 is 0 Å². The van der Waals surface area contributed by atoms with E-state index in [1.54, 1.807) is 26.0 Å². The average molecular weight is 284 g/mol. The molecule has 0 radical (unpaired) electrons. The molecule has 3 heteroatoms. The molecule has 1 heterocycles. The molecule has 1 aromatic heterocycles. The molecule has 0 atom stereocenters. The van der Waals surface area contributed by atoms with Crippen molar-refractivity contribution < 1.29 is 9.18 Å². The number of aryl methyl sites for hydroxylation is 2. The fourth-order valence-electron chi connectivity index (χ4n) is 2.31. The lowest BCUT2D eigenvalue weighted by Crippen LogP contribution is -2.01. The molecule has 0 aliphatic rings. The fraction of sp³-hybridized carbons (Fsp3) is 0.118. The lowest BCUT2D eigenvalue weighted by Gasteiger charge is -2.04. The molecule has 0 bridgehead atoms. The summed E-state index contributed by atoms with van der Waals surface area (Å²) in [6.07, 6.45) is 0. The topological polar surface area (TPSA) is 17.1 Å². The minimum Gasteiger partial charge on any atom is -0.288 e. The van der Waals surface area contributed by atoms with Gasteiger partial charge in [0.2, 0.25) is 5.78 Å². The van der Waals surface area contributed by atoms with Gasteiger partial charge in [-0.1, -0.05) is 18.2 Å². The van der Waals surface area contributed by atoms with Crippen LogP contribution in [0.15, 0.2) is 42.5 Å². The Bertz CT molecular complexity index is 761. The van der Waals surface area contributed by atoms with Gasteiger partial charge in [0.25, 0.3) is 0 Å². The van der Waals surface area contributed by atoms with Crippen LogP contribution in [0, 0.1) is 19.7 Å². The van der Waals surface area contributed by atoms with E-state index in [1.807, 2.05) is 30.3 Å². The largest absolute Gasteiger partial charge is 0.288 e. The first kappa shape index (κ1) is 13.0. The summed E-state index contributed by atoms with van der Waals surface area (Å²) in [5, 5.41) is 1.07. The van der Waals surface area contributed by atoms with Crippen molar-refractivity contribution in [2.75, 3.05) is 0 Å². The van der Waals surface area contributed by atoms with Gasteiger partial charge in [-0.15, -0.1) is 11.3 Å². The second kappa shape index (κ2) is 4.84. The molecule has 0 amide bonds. The minimum atomic E-state index is -0.238. The second-order valence-electron chi connectivity index (χ2n) is 4.90. The first-order chi connectivity index (χ1) is 9.56. The van der Waals surface area contributed by atoms with Crippen LogP contribution in [0.3, 0.4) is 0 Å². The number of carbonyl (C=O) groups excluding carboxylic acids is 1. The highest BCUT2D eigenvalue weighted by Gasteiger charge is 2.15. The summed E-state index contributed by atoms with van der Waals surface area (Å²) >= 11 is 1.47. The van der Waals surface area contributed by atoms with Crippen LogP contribution in [-0.4, -0.2) is 5.78 Å². The van der Waals surface area contributed by atoms with Gasteiger partial charge in [-0.3, -0.25) is 4.79 Å². The first-order valence-electron chi connectivity index (χ1n) is 6.36. The third-order valence-corrected chi connectivity index (χ3v) is 4.46. The first-order valence-corrected chi connectivity index (χ1v) is 7.18. The number of ketones is 1. The molecule has 0 N–H and O–H groups in total. The normalized spacial score (nSPS) is 10.9. The Morgan fingerprint density at radius 1 is 1.05 bits per heavy atom. The molecule has 0 spiro atoms. The zero-order valence-electron chi connectivity index (χ0n) is 11.2. The van der Waals surface area contributed by atoms with E-state index in [2.05, 4.69) is 0 Å². The smallest absolute Gasteiger partial charge is 0.203 e. The van der Waals surface area contributed by atoms with Gasteiger partial charge in [0.15, 0.2) is 0 Å². The summed E-state index contributed by atoms with van der Waals surface area (Å²) in [5.74, 6) is -0.282. The molecular weight excluding hydrogens is 271 g/mol. The minimum absolute atomic E-state index is 0.0441. The molecule has 20 heavy (non-hydrogen) atoms. The summed E-state index contributed by atoms with van der Waals surface area (Å²) in [6, 6.07) is 13.0. The van der Waals surface area contributed by atoms with Crippen molar-refractivity contribution in [1.29, 1.82) is 0 Å². The quantitative estimate of drug-likeness (QED) is 0.612. The third kappa shape index (κ3) is 2.14. The number of hydrogen-bond acceptors (Lipinski definition) is 2. The van der Waals surface area contributed by atoms with Crippen molar-refractivity contribution in [3.63, 3.8) is 0 Å². The number of thiophene rings is 1. The maximum atomic E-state index is 13.6. The standard InChI is InChI=1S/C17H13FOS/c1-10-7-13(8-11(2)16(10)18)17(19)15-9-12-5-3-4-6-14(12)20-15/h3-9H,1-2H3. The van der Waals surface area contributed by atoms with Crippen LogP contribution in [0.1, 0.15) is 26.4 Å². The zero-order valence-corrected chi connectivity index (χ0v) is 12.1. The third-order valence-electron chi connectivity index (χ3n) is 3.35. The summed E-state index contributed by atoms with van der Waals surface area (Å²) in [6.45, 7) is 3.37. The van der Waals surface area contributed by atoms with Crippen molar-refractivity contribution in [1.82, 2.24) is 0 Å². The average Bonchev–Trinajstić information content (AvgIpc) is 2.87. The molecule has 0 saturated heterocycles. The van der Waals surface area contributed by atoms with Crippen molar-refractivity contribution in [2.45, 2.75) is 13.8 Å². The molecule has 2 aromatic carbocycles. The number of fused-ring (bicyclic) bond motifs is 1. The van der Waals surface area contributed by atoms with Crippen LogP contribution < -0.4 is 0 Å². The fourth-order valence-corrected chi connectivity index (χ4v) is 3.34. The van der Waals surface area contributed by atoms with E-state index in [0.29, 0.717) is 21.6 Å². The number of hydrogen-bond donors (Lipinski definition) is 0. The summed E-state index contributed by atoms with van der Waals surface area (Å²) < 4.78 is 14.7. The SMILES string of the molecule is Cc1cc(C(=O)c2cc3ccccc3s2)cc(C)c1F. The summed E-state index contributed by atoms with van der Waals surface area (Å²) in [7, 11) is 0. The highest BCUT2D eigenvalue weighted by atomic mass is 32.1. The molecule has 1 nitrogen and oxygen atoms in total. The Balaban J connectivity index is 2.08. The van der Waals surface area contributed by atoms with Crippen molar-refractivity contribution in [3.8, 4) is 0 Å². The summed E-state index contributed by atoms with van der Waals surface area (Å²) in [4.78, 5) is 13.2. The molecule has 3 aromatic rings. The molecule has 0 aliphatic heterocycles. The van der Waals surface area contributed by atoms with Gasteiger partial charge in [0, 0.05) is 10.3 Å². The monoisotopic (exact) mass is 284 g/mol. The van der Waals surface area contributed by atoms with Crippen LogP contribution in [-0.2, 0) is 0 Å². The van der Waals surface area contributed by atoms with E-state index in [4.69, 9.17) is 0 Å². The molecule has 0 aliphatic carbocycles. The Labute approximate surface area is 120 Å². The Morgan fingerprint density at radius 3 is 2.35 bits per heavy atom. The predicted molar refractivity (Wildman–Crippen MR) is 81.1 cm³/mol. The van der Waals surface area contributed by atoms with Gasteiger partial charge >= 0.3 is 0 Å². The van der Waals surface area contributed by atoms with E-state index in [9.17, 15) is 9.18 Å². The van der Waals surface area contributed by atoms with E-state index >= 15 is 0 Å². The predicted octanol–water partition coefficient (Wildman–Crippen LogP) is 4.89. The number of carbonyl (C=O) groups is 1. The van der Waals surface area contributed by atoms with Crippen LogP contribution in [0.25, 0.3) is 10.1 Å². The second-order valence-corrected chi connectivity index (χ2v) is 5.99. The van der Waals surface area contributed by atoms with Crippen LogP contribution in [0.5, 0.6) is 0 Å². The van der Waals surface area contributed by atoms with Crippen molar-refractivity contribution in [3.05, 3.63) is 69.8 Å². The Morgan fingerprint density at radius 2 is 1.70 bits per heavy atom. The van der Waals surface area contributed by atoms with E-state index in [1.165, 1.54) is 11.3 Å². The molecule has 0 saturated carbocycles. The molecule has 100 valence electrons. The van der Waals surface area contributed by atoms with E-state index in [-0.39, 0.29) is 11.6 Å². The van der Waals surface area contributed by atoms with Gasteiger partial charge in [-0.05, 0) is 54.6 Å². The van der Waals surface area contributed by atoms with Gasteiger partial charge in [0.1, 0.15) is 5.82 Å². The van der Waals surface area contributed by atoms with Crippen LogP contribution >= 0.6 is 11.3 Å². The van der Waals surface area contributed by atoms with Crippen LogP contribution in [0.4, 0.5) is 4.39 Å². The maximum absolute atomic E-state index is 13.6. The van der Waals surface area contributed by atoms with Gasteiger partial charge in [0.05, 0.1) is 4.88 Å². The highest BCUT2D eigenvalue weighted by Crippen LogP contribution is 2.28. The molecule has 0 unspecified atom stereocenters. The maximum Gasteiger partial charge on any atom is 0.203 e. The number of rotatable bonds is 2.